The summed E-state index contributed by atoms with van der Waals surface area (Å²) >= 11 is 6.31. The fourth-order valence-electron chi connectivity index (χ4n) is 1.49. The van der Waals surface area contributed by atoms with Crippen molar-refractivity contribution in [3.63, 3.8) is 0 Å². The standard InChI is InChI=1S/C12H15BrN4OS2/c1-2-4-15-12-17-10(14)9(20-12)11(18)16-6-8-7(13)3-5-19-8/h3,5H,2,4,6,14H2,1H3,(H,15,17)(H,16,18). The second-order valence-corrected chi connectivity index (χ2v) is 6.89. The molecule has 2 aromatic heterocycles. The van der Waals surface area contributed by atoms with E-state index in [2.05, 4.69) is 38.5 Å². The van der Waals surface area contributed by atoms with Gasteiger partial charge in [-0.1, -0.05) is 18.3 Å². The summed E-state index contributed by atoms with van der Waals surface area (Å²) in [5.41, 5.74) is 5.78. The third kappa shape index (κ3) is 3.71. The van der Waals surface area contributed by atoms with Crippen LogP contribution in [0.5, 0.6) is 0 Å². The molecular weight excluding hydrogens is 360 g/mol. The van der Waals surface area contributed by atoms with Crippen LogP contribution in [0.2, 0.25) is 0 Å². The number of thiazole rings is 1. The average Bonchev–Trinajstić information content (AvgIpc) is 3.00. The van der Waals surface area contributed by atoms with E-state index in [1.54, 1.807) is 11.3 Å². The van der Waals surface area contributed by atoms with Gasteiger partial charge in [-0.05, 0) is 33.8 Å². The zero-order valence-electron chi connectivity index (χ0n) is 10.9. The molecule has 0 aliphatic rings. The number of hydrogen-bond donors (Lipinski definition) is 3. The fourth-order valence-corrected chi connectivity index (χ4v) is 3.75. The number of thiophene rings is 1. The van der Waals surface area contributed by atoms with Crippen LogP contribution in [0.25, 0.3) is 0 Å². The minimum absolute atomic E-state index is 0.190. The van der Waals surface area contributed by atoms with Crippen molar-refractivity contribution < 1.29 is 4.79 Å². The quantitative estimate of drug-likeness (QED) is 0.724. The largest absolute Gasteiger partial charge is 0.382 e. The van der Waals surface area contributed by atoms with Gasteiger partial charge in [-0.2, -0.15) is 0 Å². The second kappa shape index (κ2) is 7.05. The lowest BCUT2D eigenvalue weighted by atomic mass is 10.4. The highest BCUT2D eigenvalue weighted by molar-refractivity contribution is 9.10. The Morgan fingerprint density at radius 1 is 1.55 bits per heavy atom. The number of amides is 1. The number of nitrogens with one attached hydrogen (secondary N) is 2. The number of carbonyl (C=O) groups is 1. The van der Waals surface area contributed by atoms with Crippen molar-refractivity contribution in [2.24, 2.45) is 0 Å². The van der Waals surface area contributed by atoms with Crippen LogP contribution < -0.4 is 16.4 Å². The number of halogens is 1. The number of rotatable bonds is 6. The molecule has 0 spiro atoms. The molecule has 0 aliphatic carbocycles. The monoisotopic (exact) mass is 374 g/mol. The van der Waals surface area contributed by atoms with Crippen LogP contribution in [0, 0.1) is 0 Å². The summed E-state index contributed by atoms with van der Waals surface area (Å²) < 4.78 is 1.00. The molecule has 0 atom stereocenters. The van der Waals surface area contributed by atoms with Crippen LogP contribution in [0.1, 0.15) is 27.9 Å². The fraction of sp³-hybridized carbons (Fsp3) is 0.333. The van der Waals surface area contributed by atoms with Gasteiger partial charge in [0.25, 0.3) is 5.91 Å². The lowest BCUT2D eigenvalue weighted by Gasteiger charge is -2.02. The Hall–Kier alpha value is -1.12. The molecule has 2 rings (SSSR count). The topological polar surface area (TPSA) is 80.0 Å². The van der Waals surface area contributed by atoms with E-state index in [1.807, 2.05) is 11.4 Å². The predicted octanol–water partition coefficient (Wildman–Crippen LogP) is 3.30. The van der Waals surface area contributed by atoms with Gasteiger partial charge in [0.1, 0.15) is 10.7 Å². The molecule has 0 bridgehead atoms. The van der Waals surface area contributed by atoms with Gasteiger partial charge >= 0.3 is 0 Å². The maximum Gasteiger partial charge on any atom is 0.265 e. The first-order valence-corrected chi connectivity index (χ1v) is 8.61. The van der Waals surface area contributed by atoms with Crippen LogP contribution in [0.4, 0.5) is 10.9 Å². The molecule has 20 heavy (non-hydrogen) atoms. The minimum atomic E-state index is -0.190. The van der Waals surface area contributed by atoms with E-state index in [1.165, 1.54) is 11.3 Å². The molecule has 4 N–H and O–H groups in total. The number of nitrogen functional groups attached to an aromatic ring is 1. The third-order valence-electron chi connectivity index (χ3n) is 2.49. The molecule has 2 heterocycles. The molecule has 0 radical (unpaired) electrons. The van der Waals surface area contributed by atoms with Gasteiger partial charge in [-0.3, -0.25) is 4.79 Å². The van der Waals surface area contributed by atoms with E-state index in [4.69, 9.17) is 5.73 Å². The number of anilines is 2. The second-order valence-electron chi connectivity index (χ2n) is 4.03. The highest BCUT2D eigenvalue weighted by Crippen LogP contribution is 2.26. The Balaban J connectivity index is 1.98. The molecular formula is C12H15BrN4OS2. The summed E-state index contributed by atoms with van der Waals surface area (Å²) in [7, 11) is 0. The highest BCUT2D eigenvalue weighted by atomic mass is 79.9. The maximum absolute atomic E-state index is 12.1. The number of hydrogen-bond acceptors (Lipinski definition) is 6. The molecule has 1 amide bonds. The molecule has 5 nitrogen and oxygen atoms in total. The van der Waals surface area contributed by atoms with Gasteiger partial charge in [0.2, 0.25) is 0 Å². The molecule has 0 fully saturated rings. The molecule has 0 saturated heterocycles. The Bertz CT molecular complexity index is 596. The zero-order valence-corrected chi connectivity index (χ0v) is 14.1. The number of aromatic nitrogens is 1. The summed E-state index contributed by atoms with van der Waals surface area (Å²) in [5, 5.41) is 8.65. The van der Waals surface area contributed by atoms with Gasteiger partial charge in [-0.15, -0.1) is 11.3 Å². The van der Waals surface area contributed by atoms with Crippen molar-refractivity contribution >= 4 is 55.5 Å². The smallest absolute Gasteiger partial charge is 0.265 e. The Kier molecular flexibility index (Phi) is 5.38. The van der Waals surface area contributed by atoms with Crippen LogP contribution in [0.15, 0.2) is 15.9 Å². The van der Waals surface area contributed by atoms with Crippen molar-refractivity contribution in [2.75, 3.05) is 17.6 Å². The van der Waals surface area contributed by atoms with Crippen LogP contribution >= 0.6 is 38.6 Å². The van der Waals surface area contributed by atoms with Crippen molar-refractivity contribution in [1.82, 2.24) is 10.3 Å². The van der Waals surface area contributed by atoms with Crippen LogP contribution in [-0.2, 0) is 6.54 Å². The van der Waals surface area contributed by atoms with Crippen molar-refractivity contribution in [2.45, 2.75) is 19.9 Å². The SMILES string of the molecule is CCCNc1nc(N)c(C(=O)NCc2sccc2Br)s1. The van der Waals surface area contributed by atoms with E-state index < -0.39 is 0 Å². The van der Waals surface area contributed by atoms with Gasteiger partial charge < -0.3 is 16.4 Å². The van der Waals surface area contributed by atoms with Crippen molar-refractivity contribution in [3.05, 3.63) is 25.7 Å². The van der Waals surface area contributed by atoms with Crippen LogP contribution in [0.3, 0.4) is 0 Å². The maximum atomic E-state index is 12.1. The van der Waals surface area contributed by atoms with Gasteiger partial charge in [-0.25, -0.2) is 4.98 Å². The molecule has 0 aromatic carbocycles. The number of nitrogens with two attached hydrogens (primary N) is 1. The molecule has 0 aliphatic heterocycles. The summed E-state index contributed by atoms with van der Waals surface area (Å²) in [6.07, 6.45) is 0.993. The number of carbonyl (C=O) groups excluding carboxylic acids is 1. The summed E-state index contributed by atoms with van der Waals surface area (Å²) in [4.78, 5) is 17.8. The van der Waals surface area contributed by atoms with E-state index in [-0.39, 0.29) is 11.7 Å². The minimum Gasteiger partial charge on any atom is -0.382 e. The molecule has 0 unspecified atom stereocenters. The molecule has 0 saturated carbocycles. The number of nitrogens with zero attached hydrogens (tertiary/aromatic N) is 1. The molecule has 2 aromatic rings. The molecule has 108 valence electrons. The Morgan fingerprint density at radius 2 is 2.35 bits per heavy atom. The van der Waals surface area contributed by atoms with Crippen molar-refractivity contribution in [3.8, 4) is 0 Å². The lowest BCUT2D eigenvalue weighted by molar-refractivity contribution is 0.0956. The van der Waals surface area contributed by atoms with Gasteiger partial charge in [0.15, 0.2) is 5.13 Å². The van der Waals surface area contributed by atoms with Crippen molar-refractivity contribution in [1.29, 1.82) is 0 Å². The zero-order chi connectivity index (χ0) is 14.5. The molecule has 8 heteroatoms. The summed E-state index contributed by atoms with van der Waals surface area (Å²) in [6, 6.07) is 1.96. The lowest BCUT2D eigenvalue weighted by Crippen LogP contribution is -2.22. The van der Waals surface area contributed by atoms with Gasteiger partial charge in [0, 0.05) is 15.9 Å². The first-order valence-electron chi connectivity index (χ1n) is 6.12. The first-order chi connectivity index (χ1) is 9.61. The van der Waals surface area contributed by atoms with Gasteiger partial charge in [0.05, 0.1) is 6.54 Å². The first kappa shape index (κ1) is 15.3. The summed E-state index contributed by atoms with van der Waals surface area (Å²) in [6.45, 7) is 3.36. The van der Waals surface area contributed by atoms with Crippen LogP contribution in [-0.4, -0.2) is 17.4 Å². The average molecular weight is 375 g/mol. The van der Waals surface area contributed by atoms with E-state index >= 15 is 0 Å². The normalized spacial score (nSPS) is 10.5. The van der Waals surface area contributed by atoms with E-state index in [0.717, 1.165) is 22.3 Å². The highest BCUT2D eigenvalue weighted by Gasteiger charge is 2.16. The predicted molar refractivity (Wildman–Crippen MR) is 88.5 cm³/mol. The Labute approximate surface area is 133 Å². The van der Waals surface area contributed by atoms with E-state index in [9.17, 15) is 4.79 Å². The third-order valence-corrected chi connectivity index (χ3v) is 5.44. The summed E-state index contributed by atoms with van der Waals surface area (Å²) in [5.74, 6) is 0.0844. The van der Waals surface area contributed by atoms with E-state index in [0.29, 0.717) is 16.6 Å². The Morgan fingerprint density at radius 3 is 3.00 bits per heavy atom.